The molecule has 7 nitrogen and oxygen atoms in total. The van der Waals surface area contributed by atoms with Crippen molar-refractivity contribution in [1.82, 2.24) is 4.57 Å². The number of nitrogens with zero attached hydrogens (tertiary/aromatic N) is 3. The Kier molecular flexibility index (Phi) is 3.75. The normalized spacial score (nSPS) is 22.5. The Morgan fingerprint density at radius 1 is 1.39 bits per heavy atom. The van der Waals surface area contributed by atoms with E-state index < -0.39 is 22.8 Å². The largest absolute Gasteiger partial charge is 0.441 e. The Bertz CT molecular complexity index is 1160. The van der Waals surface area contributed by atoms with Gasteiger partial charge in [-0.05, 0) is 18.6 Å². The molecule has 2 aromatic rings. The summed E-state index contributed by atoms with van der Waals surface area (Å²) in [4.78, 5) is 28.6. The summed E-state index contributed by atoms with van der Waals surface area (Å²) in [5.41, 5.74) is -0.163. The number of ether oxygens (including phenoxy) is 1. The SMILES string of the molecule is C=CCN1C(=O)C2(c3ccccc31)c1c(cc(C)n(C)c1=O)OC(=N)C2C#N. The molecule has 4 rings (SSSR count). The molecule has 1 spiro atoms. The first-order valence-corrected chi connectivity index (χ1v) is 8.79. The molecule has 2 aliphatic rings. The first kappa shape index (κ1) is 17.7. The van der Waals surface area contributed by atoms with Crippen LogP contribution in [0.15, 0.2) is 47.8 Å². The fourth-order valence-electron chi connectivity index (χ4n) is 4.22. The number of rotatable bonds is 2. The molecule has 28 heavy (non-hydrogen) atoms. The summed E-state index contributed by atoms with van der Waals surface area (Å²) in [5, 5.41) is 18.2. The van der Waals surface area contributed by atoms with Crippen LogP contribution >= 0.6 is 0 Å². The van der Waals surface area contributed by atoms with Crippen molar-refractivity contribution in [2.75, 3.05) is 11.4 Å². The van der Waals surface area contributed by atoms with E-state index in [1.807, 2.05) is 0 Å². The number of para-hydroxylation sites is 1. The number of nitrogens with one attached hydrogen (secondary N) is 1. The summed E-state index contributed by atoms with van der Waals surface area (Å²) in [6.07, 6.45) is 1.59. The van der Waals surface area contributed by atoms with Crippen molar-refractivity contribution in [1.29, 1.82) is 10.7 Å². The van der Waals surface area contributed by atoms with Crippen molar-refractivity contribution in [3.8, 4) is 11.8 Å². The third-order valence-electron chi connectivity index (χ3n) is 5.59. The predicted molar refractivity (Wildman–Crippen MR) is 104 cm³/mol. The molecule has 2 atom stereocenters. The van der Waals surface area contributed by atoms with Gasteiger partial charge >= 0.3 is 0 Å². The summed E-state index contributed by atoms with van der Waals surface area (Å²) in [7, 11) is 1.61. The average Bonchev–Trinajstić information content (AvgIpc) is 2.90. The molecule has 0 saturated heterocycles. The fraction of sp³-hybridized carbons (Fsp3) is 0.238. The number of anilines is 1. The first-order valence-electron chi connectivity index (χ1n) is 8.79. The average molecular weight is 374 g/mol. The van der Waals surface area contributed by atoms with Gasteiger partial charge in [-0.3, -0.25) is 15.0 Å². The lowest BCUT2D eigenvalue weighted by Gasteiger charge is -2.37. The zero-order valence-electron chi connectivity index (χ0n) is 15.5. The van der Waals surface area contributed by atoms with Crippen molar-refractivity contribution in [3.63, 3.8) is 0 Å². The van der Waals surface area contributed by atoms with Gasteiger partial charge in [0.1, 0.15) is 17.1 Å². The van der Waals surface area contributed by atoms with E-state index in [9.17, 15) is 14.9 Å². The summed E-state index contributed by atoms with van der Waals surface area (Å²) in [5.74, 6) is -1.86. The summed E-state index contributed by atoms with van der Waals surface area (Å²) >= 11 is 0. The van der Waals surface area contributed by atoms with Crippen LogP contribution in [0, 0.1) is 29.6 Å². The van der Waals surface area contributed by atoms with Gasteiger partial charge in [0.05, 0.1) is 11.6 Å². The number of nitriles is 1. The third-order valence-corrected chi connectivity index (χ3v) is 5.59. The Morgan fingerprint density at radius 3 is 2.79 bits per heavy atom. The zero-order chi connectivity index (χ0) is 20.2. The van der Waals surface area contributed by atoms with Crippen LogP contribution in [-0.4, -0.2) is 22.9 Å². The molecule has 140 valence electrons. The lowest BCUT2D eigenvalue weighted by atomic mass is 9.65. The quantitative estimate of drug-likeness (QED) is 0.813. The summed E-state index contributed by atoms with van der Waals surface area (Å²) in [6.45, 7) is 5.68. The molecule has 0 saturated carbocycles. The second-order valence-corrected chi connectivity index (χ2v) is 6.95. The van der Waals surface area contributed by atoms with Gasteiger partial charge in [0.15, 0.2) is 0 Å². The molecule has 0 fully saturated rings. The van der Waals surface area contributed by atoms with Crippen LogP contribution in [0.1, 0.15) is 16.8 Å². The highest BCUT2D eigenvalue weighted by molar-refractivity contribution is 6.14. The Balaban J connectivity index is 2.20. The van der Waals surface area contributed by atoms with E-state index in [-0.39, 0.29) is 23.8 Å². The van der Waals surface area contributed by atoms with Gasteiger partial charge in [0, 0.05) is 31.0 Å². The van der Waals surface area contributed by atoms with Gasteiger partial charge in [-0.1, -0.05) is 24.3 Å². The van der Waals surface area contributed by atoms with Crippen molar-refractivity contribution < 1.29 is 9.53 Å². The number of amides is 1. The number of hydrogen-bond donors (Lipinski definition) is 1. The van der Waals surface area contributed by atoms with Gasteiger partial charge in [0.2, 0.25) is 11.8 Å². The monoisotopic (exact) mass is 374 g/mol. The van der Waals surface area contributed by atoms with Crippen LogP contribution in [-0.2, 0) is 17.3 Å². The van der Waals surface area contributed by atoms with Crippen LogP contribution < -0.4 is 15.2 Å². The molecule has 0 aliphatic carbocycles. The van der Waals surface area contributed by atoms with E-state index in [1.54, 1.807) is 50.4 Å². The number of pyridine rings is 1. The summed E-state index contributed by atoms with van der Waals surface area (Å²) in [6, 6.07) is 10.8. The molecule has 7 heteroatoms. The van der Waals surface area contributed by atoms with E-state index in [4.69, 9.17) is 10.1 Å². The number of benzene rings is 1. The highest BCUT2D eigenvalue weighted by Gasteiger charge is 2.63. The molecule has 1 aromatic heterocycles. The van der Waals surface area contributed by atoms with E-state index in [2.05, 4.69) is 12.6 Å². The van der Waals surface area contributed by atoms with Crippen molar-refractivity contribution in [2.24, 2.45) is 13.0 Å². The molecule has 0 radical (unpaired) electrons. The predicted octanol–water partition coefficient (Wildman–Crippen LogP) is 2.02. The standard InChI is InChI=1S/C21H18N4O3/c1-4-9-25-15-8-6-5-7-13(15)21(20(25)27)14(11-22)18(23)28-16-10-12(2)24(3)19(26)17(16)21/h4-8,10,14,23H,1,9H2,2-3H3. The zero-order valence-corrected chi connectivity index (χ0v) is 15.5. The molecule has 1 amide bonds. The number of hydrogen-bond acceptors (Lipinski definition) is 5. The number of aryl methyl sites for hydroxylation is 1. The number of fused-ring (bicyclic) bond motifs is 4. The second-order valence-electron chi connectivity index (χ2n) is 6.95. The number of aromatic nitrogens is 1. The maximum atomic E-state index is 13.8. The minimum absolute atomic E-state index is 0.104. The van der Waals surface area contributed by atoms with E-state index >= 15 is 0 Å². The van der Waals surface area contributed by atoms with Gasteiger partial charge in [0.25, 0.3) is 5.56 Å². The van der Waals surface area contributed by atoms with Crippen LogP contribution in [0.4, 0.5) is 5.69 Å². The Morgan fingerprint density at radius 2 is 2.11 bits per heavy atom. The molecule has 2 unspecified atom stereocenters. The van der Waals surface area contributed by atoms with E-state index in [0.29, 0.717) is 16.9 Å². The topological polar surface area (TPSA) is 99.2 Å². The molecule has 2 aliphatic heterocycles. The van der Waals surface area contributed by atoms with Crippen molar-refractivity contribution in [3.05, 3.63) is 70.2 Å². The van der Waals surface area contributed by atoms with E-state index in [0.717, 1.165) is 0 Å². The van der Waals surface area contributed by atoms with Crippen LogP contribution in [0.3, 0.4) is 0 Å². The lowest BCUT2D eigenvalue weighted by molar-refractivity contribution is -0.122. The van der Waals surface area contributed by atoms with Gasteiger partial charge in [-0.15, -0.1) is 6.58 Å². The lowest BCUT2D eigenvalue weighted by Crippen LogP contribution is -2.55. The van der Waals surface area contributed by atoms with E-state index in [1.165, 1.54) is 9.47 Å². The minimum atomic E-state index is -1.62. The fourth-order valence-corrected chi connectivity index (χ4v) is 4.22. The molecular formula is C21H18N4O3. The smallest absolute Gasteiger partial charge is 0.258 e. The number of carbonyl (C=O) groups excluding carboxylic acids is 1. The highest BCUT2D eigenvalue weighted by Crippen LogP contribution is 2.54. The van der Waals surface area contributed by atoms with Crippen LogP contribution in [0.5, 0.6) is 5.75 Å². The van der Waals surface area contributed by atoms with Gasteiger partial charge in [-0.25, -0.2) is 0 Å². The molecule has 0 bridgehead atoms. The second kappa shape index (κ2) is 5.92. The molecule has 1 N–H and O–H groups in total. The van der Waals surface area contributed by atoms with Gasteiger partial charge in [-0.2, -0.15) is 5.26 Å². The van der Waals surface area contributed by atoms with Crippen LogP contribution in [0.2, 0.25) is 0 Å². The maximum absolute atomic E-state index is 13.8. The highest BCUT2D eigenvalue weighted by atomic mass is 16.5. The van der Waals surface area contributed by atoms with Crippen molar-refractivity contribution in [2.45, 2.75) is 12.3 Å². The number of carbonyl (C=O) groups is 1. The van der Waals surface area contributed by atoms with Gasteiger partial charge < -0.3 is 14.2 Å². The molecule has 3 heterocycles. The maximum Gasteiger partial charge on any atom is 0.258 e. The Labute approximate surface area is 161 Å². The van der Waals surface area contributed by atoms with Crippen molar-refractivity contribution >= 4 is 17.5 Å². The summed E-state index contributed by atoms with van der Waals surface area (Å²) < 4.78 is 6.98. The molecular weight excluding hydrogens is 356 g/mol. The first-order chi connectivity index (χ1) is 13.4. The minimum Gasteiger partial charge on any atom is -0.441 e. The van der Waals surface area contributed by atoms with Crippen LogP contribution in [0.25, 0.3) is 0 Å². The molecule has 1 aromatic carbocycles. The Hall–Kier alpha value is -3.66. The third kappa shape index (κ3) is 1.94.